The quantitative estimate of drug-likeness (QED) is 0.567. The number of benzene rings is 2. The normalized spacial score (nSPS) is 11.9. The van der Waals surface area contributed by atoms with Gasteiger partial charge in [-0.2, -0.15) is 0 Å². The van der Waals surface area contributed by atoms with E-state index in [-0.39, 0.29) is 10.8 Å². The summed E-state index contributed by atoms with van der Waals surface area (Å²) in [4.78, 5) is 0. The first kappa shape index (κ1) is 21.9. The molecule has 28 heavy (non-hydrogen) atoms. The summed E-state index contributed by atoms with van der Waals surface area (Å²) in [5.41, 5.74) is 2.43. The van der Waals surface area contributed by atoms with Crippen LogP contribution in [0.15, 0.2) is 36.4 Å². The maximum Gasteiger partial charge on any atom is 0.161 e. The molecule has 0 radical (unpaired) electrons. The summed E-state index contributed by atoms with van der Waals surface area (Å²) in [5.74, 6) is 3.04. The molecule has 0 heterocycles. The minimum Gasteiger partial charge on any atom is -0.497 e. The first-order valence-electron chi connectivity index (χ1n) is 9.68. The van der Waals surface area contributed by atoms with Gasteiger partial charge in [0.15, 0.2) is 11.5 Å². The summed E-state index contributed by atoms with van der Waals surface area (Å²) in [6, 6.07) is 12.1. The van der Waals surface area contributed by atoms with Gasteiger partial charge in [-0.1, -0.05) is 47.6 Å². The van der Waals surface area contributed by atoms with Crippen LogP contribution in [0.25, 0.3) is 0 Å². The third-order valence-electron chi connectivity index (χ3n) is 4.62. The van der Waals surface area contributed by atoms with Crippen LogP contribution in [0.2, 0.25) is 0 Å². The smallest absolute Gasteiger partial charge is 0.161 e. The Labute approximate surface area is 169 Å². The second kappa shape index (κ2) is 8.76. The Bertz CT molecular complexity index is 782. The van der Waals surface area contributed by atoms with Gasteiger partial charge in [0.2, 0.25) is 0 Å². The Morgan fingerprint density at radius 1 is 0.607 bits per heavy atom. The molecular weight excluding hydrogens is 352 g/mol. The lowest BCUT2D eigenvalue weighted by Crippen LogP contribution is -2.14. The van der Waals surface area contributed by atoms with Crippen molar-refractivity contribution in [2.75, 3.05) is 27.4 Å². The Kier molecular flexibility index (Phi) is 6.87. The summed E-state index contributed by atoms with van der Waals surface area (Å²) < 4.78 is 22.7. The van der Waals surface area contributed by atoms with Crippen LogP contribution in [-0.4, -0.2) is 27.4 Å². The molecule has 0 aromatic heterocycles. The standard InChI is InChI=1S/C24H34O4/c1-23(2,3)17-9-10-21(26-8)22(15-17)28-12-11-27-20-14-18(24(4,5)6)13-19(16-20)25-7/h9-10,13-16H,11-12H2,1-8H3. The summed E-state index contributed by atoms with van der Waals surface area (Å²) >= 11 is 0. The topological polar surface area (TPSA) is 36.9 Å². The summed E-state index contributed by atoms with van der Waals surface area (Å²) in [5, 5.41) is 0. The molecule has 0 fully saturated rings. The lowest BCUT2D eigenvalue weighted by atomic mass is 9.87. The van der Waals surface area contributed by atoms with E-state index in [1.807, 2.05) is 24.3 Å². The molecule has 2 aromatic rings. The van der Waals surface area contributed by atoms with E-state index < -0.39 is 0 Å². The van der Waals surface area contributed by atoms with E-state index in [1.165, 1.54) is 11.1 Å². The molecule has 0 amide bonds. The Morgan fingerprint density at radius 2 is 1.21 bits per heavy atom. The summed E-state index contributed by atoms with van der Waals surface area (Å²) in [7, 11) is 3.32. The lowest BCUT2D eigenvalue weighted by molar-refractivity contribution is 0.210. The molecule has 0 saturated heterocycles. The predicted molar refractivity (Wildman–Crippen MR) is 114 cm³/mol. The number of methoxy groups -OCH3 is 2. The molecule has 0 saturated carbocycles. The fourth-order valence-electron chi connectivity index (χ4n) is 2.77. The van der Waals surface area contributed by atoms with Gasteiger partial charge in [-0.05, 0) is 46.2 Å². The van der Waals surface area contributed by atoms with Crippen molar-refractivity contribution in [3.63, 3.8) is 0 Å². The zero-order chi connectivity index (χ0) is 20.9. The fraction of sp³-hybridized carbons (Fsp3) is 0.500. The molecule has 0 aliphatic carbocycles. The summed E-state index contributed by atoms with van der Waals surface area (Å²) in [6.45, 7) is 13.9. The maximum absolute atomic E-state index is 5.96. The van der Waals surface area contributed by atoms with Gasteiger partial charge in [0.25, 0.3) is 0 Å². The molecule has 2 rings (SSSR count). The molecule has 2 aromatic carbocycles. The highest BCUT2D eigenvalue weighted by molar-refractivity contribution is 5.45. The second-order valence-corrected chi connectivity index (χ2v) is 8.96. The number of ether oxygens (including phenoxy) is 4. The predicted octanol–water partition coefficient (Wildman–Crippen LogP) is 5.76. The van der Waals surface area contributed by atoms with E-state index in [0.717, 1.165) is 23.0 Å². The van der Waals surface area contributed by atoms with E-state index in [4.69, 9.17) is 18.9 Å². The van der Waals surface area contributed by atoms with Crippen LogP contribution in [0.4, 0.5) is 0 Å². The van der Waals surface area contributed by atoms with Crippen LogP contribution >= 0.6 is 0 Å². The number of hydrogen-bond acceptors (Lipinski definition) is 4. The molecule has 4 heteroatoms. The third kappa shape index (κ3) is 5.82. The summed E-state index contributed by atoms with van der Waals surface area (Å²) in [6.07, 6.45) is 0. The van der Waals surface area contributed by atoms with Crippen molar-refractivity contribution < 1.29 is 18.9 Å². The SMILES string of the molecule is COc1cc(OCCOc2cc(C(C)(C)C)ccc2OC)cc(C(C)(C)C)c1. The molecular formula is C24H34O4. The van der Waals surface area contributed by atoms with Gasteiger partial charge in [-0.15, -0.1) is 0 Å². The molecule has 0 bridgehead atoms. The van der Waals surface area contributed by atoms with Gasteiger partial charge in [-0.3, -0.25) is 0 Å². The van der Waals surface area contributed by atoms with E-state index in [0.29, 0.717) is 13.2 Å². The zero-order valence-corrected chi connectivity index (χ0v) is 18.5. The highest BCUT2D eigenvalue weighted by Crippen LogP contribution is 2.33. The minimum atomic E-state index is 0.0178. The van der Waals surface area contributed by atoms with Crippen LogP contribution in [0.5, 0.6) is 23.0 Å². The van der Waals surface area contributed by atoms with E-state index in [1.54, 1.807) is 14.2 Å². The average Bonchev–Trinajstić information content (AvgIpc) is 2.63. The van der Waals surface area contributed by atoms with Crippen LogP contribution in [0, 0.1) is 0 Å². The van der Waals surface area contributed by atoms with Gasteiger partial charge >= 0.3 is 0 Å². The van der Waals surface area contributed by atoms with Gasteiger partial charge in [0.05, 0.1) is 14.2 Å². The van der Waals surface area contributed by atoms with Crippen LogP contribution < -0.4 is 18.9 Å². The first-order chi connectivity index (χ1) is 13.0. The van der Waals surface area contributed by atoms with Crippen molar-refractivity contribution in [2.45, 2.75) is 52.4 Å². The molecule has 154 valence electrons. The monoisotopic (exact) mass is 386 g/mol. The van der Waals surface area contributed by atoms with Gasteiger partial charge in [0.1, 0.15) is 24.7 Å². The lowest BCUT2D eigenvalue weighted by Gasteiger charge is -2.22. The molecule has 4 nitrogen and oxygen atoms in total. The Balaban J connectivity index is 2.05. The molecule has 0 aliphatic rings. The van der Waals surface area contributed by atoms with Crippen LogP contribution in [-0.2, 0) is 10.8 Å². The largest absolute Gasteiger partial charge is 0.497 e. The maximum atomic E-state index is 5.96. The van der Waals surface area contributed by atoms with Crippen molar-refractivity contribution in [3.05, 3.63) is 47.5 Å². The first-order valence-corrected chi connectivity index (χ1v) is 9.68. The number of hydrogen-bond donors (Lipinski definition) is 0. The molecule has 0 unspecified atom stereocenters. The van der Waals surface area contributed by atoms with Crippen molar-refractivity contribution in [1.29, 1.82) is 0 Å². The zero-order valence-electron chi connectivity index (χ0n) is 18.5. The Hall–Kier alpha value is -2.36. The van der Waals surface area contributed by atoms with Gasteiger partial charge in [-0.25, -0.2) is 0 Å². The van der Waals surface area contributed by atoms with E-state index in [2.05, 4.69) is 53.7 Å². The average molecular weight is 387 g/mol. The van der Waals surface area contributed by atoms with E-state index >= 15 is 0 Å². The third-order valence-corrected chi connectivity index (χ3v) is 4.62. The van der Waals surface area contributed by atoms with E-state index in [9.17, 15) is 0 Å². The van der Waals surface area contributed by atoms with Crippen LogP contribution in [0.3, 0.4) is 0 Å². The van der Waals surface area contributed by atoms with Gasteiger partial charge in [0, 0.05) is 6.07 Å². The van der Waals surface area contributed by atoms with Crippen molar-refractivity contribution in [1.82, 2.24) is 0 Å². The van der Waals surface area contributed by atoms with Crippen molar-refractivity contribution in [2.24, 2.45) is 0 Å². The van der Waals surface area contributed by atoms with Crippen LogP contribution in [0.1, 0.15) is 52.7 Å². The fourth-order valence-corrected chi connectivity index (χ4v) is 2.77. The molecule has 0 N–H and O–H groups in total. The Morgan fingerprint density at radius 3 is 1.79 bits per heavy atom. The number of rotatable bonds is 7. The molecule has 0 atom stereocenters. The highest BCUT2D eigenvalue weighted by Gasteiger charge is 2.17. The van der Waals surface area contributed by atoms with Gasteiger partial charge < -0.3 is 18.9 Å². The highest BCUT2D eigenvalue weighted by atomic mass is 16.5. The second-order valence-electron chi connectivity index (χ2n) is 8.96. The minimum absolute atomic E-state index is 0.0178. The molecule has 0 spiro atoms. The van der Waals surface area contributed by atoms with Crippen molar-refractivity contribution >= 4 is 0 Å². The molecule has 0 aliphatic heterocycles. The van der Waals surface area contributed by atoms with Crippen molar-refractivity contribution in [3.8, 4) is 23.0 Å².